The molecule has 0 heterocycles. The van der Waals surface area contributed by atoms with Crippen molar-refractivity contribution in [1.29, 1.82) is 0 Å². The first kappa shape index (κ1) is 10.0. The van der Waals surface area contributed by atoms with Gasteiger partial charge in [0.25, 0.3) is 0 Å². The first-order valence-electron chi connectivity index (χ1n) is 5.06. The van der Waals surface area contributed by atoms with Gasteiger partial charge in [0.2, 0.25) is 0 Å². The molecule has 1 aliphatic carbocycles. The van der Waals surface area contributed by atoms with Gasteiger partial charge in [0.05, 0.1) is 0 Å². The molecule has 1 aliphatic rings. The second-order valence-electron chi connectivity index (χ2n) is 4.80. The van der Waals surface area contributed by atoms with Gasteiger partial charge in [-0.15, -0.1) is 0 Å². The van der Waals surface area contributed by atoms with Gasteiger partial charge in [-0.3, -0.25) is 0 Å². The molecule has 0 spiro atoms. The average Bonchev–Trinajstić information content (AvgIpc) is 1.94. The first-order chi connectivity index (χ1) is 5.52. The van der Waals surface area contributed by atoms with Crippen molar-refractivity contribution >= 4 is 0 Å². The molecule has 0 aliphatic heterocycles. The van der Waals surface area contributed by atoms with Crippen LogP contribution in [0.2, 0.25) is 0 Å². The fourth-order valence-electron chi connectivity index (χ4n) is 2.23. The molecule has 0 aromatic carbocycles. The molecule has 0 aromatic heterocycles. The predicted octanol–water partition coefficient (Wildman–Crippen LogP) is 1.63. The Labute approximate surface area is 75.7 Å². The summed E-state index contributed by atoms with van der Waals surface area (Å²) in [5, 5.41) is 0. The lowest BCUT2D eigenvalue weighted by Gasteiger charge is -2.37. The summed E-state index contributed by atoms with van der Waals surface area (Å²) in [6, 6.07) is 0.411. The maximum Gasteiger partial charge on any atom is 0.0157 e. The highest BCUT2D eigenvalue weighted by Crippen LogP contribution is 2.30. The summed E-state index contributed by atoms with van der Waals surface area (Å²) in [6.07, 6.45) is 5.62. The standard InChI is InChI=1S/C10H22N2/c1-8(2)7-10(12)5-3-9(11)4-6-10/h8-9H,3-7,11-12H2,1-2H3. The highest BCUT2D eigenvalue weighted by Gasteiger charge is 2.30. The van der Waals surface area contributed by atoms with E-state index in [1.54, 1.807) is 0 Å². The molecule has 2 heteroatoms. The average molecular weight is 170 g/mol. The summed E-state index contributed by atoms with van der Waals surface area (Å²) in [6.45, 7) is 4.48. The highest BCUT2D eigenvalue weighted by molar-refractivity contribution is 4.91. The van der Waals surface area contributed by atoms with Crippen molar-refractivity contribution in [3.8, 4) is 0 Å². The van der Waals surface area contributed by atoms with E-state index < -0.39 is 0 Å². The van der Waals surface area contributed by atoms with Crippen LogP contribution in [0.25, 0.3) is 0 Å². The van der Waals surface area contributed by atoms with Gasteiger partial charge in [0.15, 0.2) is 0 Å². The predicted molar refractivity (Wildman–Crippen MR) is 52.8 cm³/mol. The molecule has 0 radical (unpaired) electrons. The first-order valence-corrected chi connectivity index (χ1v) is 5.06. The molecule has 2 nitrogen and oxygen atoms in total. The van der Waals surface area contributed by atoms with Gasteiger partial charge in [0.1, 0.15) is 0 Å². The largest absolute Gasteiger partial charge is 0.328 e. The van der Waals surface area contributed by atoms with Crippen LogP contribution in [0, 0.1) is 5.92 Å². The van der Waals surface area contributed by atoms with Gasteiger partial charge >= 0.3 is 0 Å². The normalized spacial score (nSPS) is 37.2. The van der Waals surface area contributed by atoms with Crippen LogP contribution in [-0.4, -0.2) is 11.6 Å². The molecule has 1 fully saturated rings. The molecule has 0 bridgehead atoms. The van der Waals surface area contributed by atoms with Gasteiger partial charge in [-0.2, -0.15) is 0 Å². The van der Waals surface area contributed by atoms with Gasteiger partial charge < -0.3 is 11.5 Å². The quantitative estimate of drug-likeness (QED) is 0.662. The van der Waals surface area contributed by atoms with Gasteiger partial charge in [-0.1, -0.05) is 13.8 Å². The van der Waals surface area contributed by atoms with Crippen LogP contribution in [0.5, 0.6) is 0 Å². The zero-order valence-corrected chi connectivity index (χ0v) is 8.34. The van der Waals surface area contributed by atoms with Crippen LogP contribution < -0.4 is 11.5 Å². The van der Waals surface area contributed by atoms with E-state index in [0.717, 1.165) is 32.1 Å². The minimum absolute atomic E-state index is 0.101. The molecular formula is C10H22N2. The van der Waals surface area contributed by atoms with Crippen LogP contribution in [0.15, 0.2) is 0 Å². The third-order valence-corrected chi connectivity index (χ3v) is 2.84. The van der Waals surface area contributed by atoms with Gasteiger partial charge in [0, 0.05) is 11.6 Å². The molecule has 72 valence electrons. The zero-order chi connectivity index (χ0) is 9.19. The zero-order valence-electron chi connectivity index (χ0n) is 8.34. The highest BCUT2D eigenvalue weighted by atomic mass is 14.8. The minimum atomic E-state index is 0.101. The SMILES string of the molecule is CC(C)CC1(N)CCC(N)CC1. The molecule has 0 aromatic rings. The van der Waals surface area contributed by atoms with Crippen LogP contribution >= 0.6 is 0 Å². The lowest BCUT2D eigenvalue weighted by atomic mass is 9.76. The summed E-state index contributed by atoms with van der Waals surface area (Å²) < 4.78 is 0. The number of hydrogen-bond donors (Lipinski definition) is 2. The minimum Gasteiger partial charge on any atom is -0.328 e. The third-order valence-electron chi connectivity index (χ3n) is 2.84. The second-order valence-corrected chi connectivity index (χ2v) is 4.80. The van der Waals surface area contributed by atoms with Crippen molar-refractivity contribution in [2.24, 2.45) is 17.4 Å². The fourth-order valence-corrected chi connectivity index (χ4v) is 2.23. The number of nitrogens with two attached hydrogens (primary N) is 2. The van der Waals surface area contributed by atoms with Crippen molar-refractivity contribution in [2.45, 2.75) is 57.5 Å². The van der Waals surface area contributed by atoms with Gasteiger partial charge in [-0.05, 0) is 38.0 Å². The van der Waals surface area contributed by atoms with Crippen LogP contribution in [0.1, 0.15) is 46.0 Å². The van der Waals surface area contributed by atoms with Crippen molar-refractivity contribution in [3.05, 3.63) is 0 Å². The third kappa shape index (κ3) is 2.76. The lowest BCUT2D eigenvalue weighted by molar-refractivity contribution is 0.233. The Morgan fingerprint density at radius 2 is 1.83 bits per heavy atom. The molecular weight excluding hydrogens is 148 g/mol. The van der Waals surface area contributed by atoms with E-state index in [2.05, 4.69) is 13.8 Å². The second kappa shape index (κ2) is 3.75. The molecule has 1 saturated carbocycles. The summed E-state index contributed by atoms with van der Waals surface area (Å²) in [7, 11) is 0. The molecule has 0 saturated heterocycles. The van der Waals surface area contributed by atoms with Crippen molar-refractivity contribution in [1.82, 2.24) is 0 Å². The van der Waals surface area contributed by atoms with Crippen molar-refractivity contribution in [3.63, 3.8) is 0 Å². The number of rotatable bonds is 2. The number of hydrogen-bond acceptors (Lipinski definition) is 2. The van der Waals surface area contributed by atoms with E-state index in [9.17, 15) is 0 Å². The topological polar surface area (TPSA) is 52.0 Å². The van der Waals surface area contributed by atoms with E-state index in [1.807, 2.05) is 0 Å². The summed E-state index contributed by atoms with van der Waals surface area (Å²) in [4.78, 5) is 0. The molecule has 0 unspecified atom stereocenters. The van der Waals surface area contributed by atoms with Crippen molar-refractivity contribution in [2.75, 3.05) is 0 Å². The maximum absolute atomic E-state index is 6.27. The van der Waals surface area contributed by atoms with E-state index in [0.29, 0.717) is 12.0 Å². The Morgan fingerprint density at radius 3 is 2.25 bits per heavy atom. The Morgan fingerprint density at radius 1 is 1.33 bits per heavy atom. The molecule has 12 heavy (non-hydrogen) atoms. The van der Waals surface area contributed by atoms with Crippen LogP contribution in [0.3, 0.4) is 0 Å². The van der Waals surface area contributed by atoms with Crippen molar-refractivity contribution < 1.29 is 0 Å². The molecule has 1 rings (SSSR count). The lowest BCUT2D eigenvalue weighted by Crippen LogP contribution is -2.46. The Hall–Kier alpha value is -0.0800. The maximum atomic E-state index is 6.27. The molecule has 0 amide bonds. The Balaban J connectivity index is 2.39. The summed E-state index contributed by atoms with van der Waals surface area (Å²) in [5.41, 5.74) is 12.2. The summed E-state index contributed by atoms with van der Waals surface area (Å²) >= 11 is 0. The van der Waals surface area contributed by atoms with E-state index in [-0.39, 0.29) is 5.54 Å². The van der Waals surface area contributed by atoms with E-state index >= 15 is 0 Å². The molecule has 0 atom stereocenters. The van der Waals surface area contributed by atoms with Crippen LogP contribution in [0.4, 0.5) is 0 Å². The van der Waals surface area contributed by atoms with Crippen LogP contribution in [-0.2, 0) is 0 Å². The Bertz CT molecular complexity index is 135. The molecule has 4 N–H and O–H groups in total. The summed E-state index contributed by atoms with van der Waals surface area (Å²) in [5.74, 6) is 0.712. The van der Waals surface area contributed by atoms with Gasteiger partial charge in [-0.25, -0.2) is 0 Å². The van der Waals surface area contributed by atoms with E-state index in [4.69, 9.17) is 11.5 Å². The fraction of sp³-hybridized carbons (Fsp3) is 1.00. The Kier molecular flexibility index (Phi) is 3.13. The smallest absolute Gasteiger partial charge is 0.0157 e. The monoisotopic (exact) mass is 170 g/mol. The van der Waals surface area contributed by atoms with E-state index in [1.165, 1.54) is 0 Å².